The van der Waals surface area contributed by atoms with Gasteiger partial charge in [-0.15, -0.1) is 0 Å². The first-order valence-corrected chi connectivity index (χ1v) is 6.54. The van der Waals surface area contributed by atoms with Gasteiger partial charge in [-0.25, -0.2) is 9.69 Å². The molecular weight excluding hydrogens is 244 g/mol. The van der Waals surface area contributed by atoms with E-state index in [-0.39, 0.29) is 5.92 Å². The van der Waals surface area contributed by atoms with Crippen molar-refractivity contribution in [2.75, 3.05) is 0 Å². The van der Waals surface area contributed by atoms with E-state index < -0.39 is 0 Å². The highest BCUT2D eigenvalue weighted by Gasteiger charge is 2.18. The summed E-state index contributed by atoms with van der Waals surface area (Å²) in [5, 5.41) is 0. The third-order valence-corrected chi connectivity index (χ3v) is 3.69. The van der Waals surface area contributed by atoms with Crippen LogP contribution in [0.2, 0.25) is 0 Å². The number of para-hydroxylation sites is 2. The van der Waals surface area contributed by atoms with Crippen LogP contribution in [-0.2, 0) is 0 Å². The van der Waals surface area contributed by atoms with E-state index in [9.17, 15) is 0 Å². The lowest BCUT2D eigenvalue weighted by Crippen LogP contribution is -1.98. The van der Waals surface area contributed by atoms with Crippen LogP contribution in [0.4, 0.5) is 11.4 Å². The zero-order chi connectivity index (χ0) is 14.7. The molecule has 2 nitrogen and oxygen atoms in total. The van der Waals surface area contributed by atoms with Gasteiger partial charge < -0.3 is 0 Å². The second-order valence-corrected chi connectivity index (χ2v) is 4.97. The first kappa shape index (κ1) is 13.8. The van der Waals surface area contributed by atoms with Crippen molar-refractivity contribution in [1.29, 1.82) is 0 Å². The Morgan fingerprint density at radius 1 is 0.800 bits per heavy atom. The molecule has 0 fully saturated rings. The van der Waals surface area contributed by atoms with E-state index in [1.54, 1.807) is 0 Å². The smallest absolute Gasteiger partial charge is 0.193 e. The summed E-state index contributed by atoms with van der Waals surface area (Å²) in [6.45, 7) is 20.7. The van der Waals surface area contributed by atoms with E-state index >= 15 is 0 Å². The largest absolute Gasteiger partial charge is 0.238 e. The van der Waals surface area contributed by atoms with Crippen LogP contribution in [0.25, 0.3) is 9.69 Å². The van der Waals surface area contributed by atoms with Crippen molar-refractivity contribution in [1.82, 2.24) is 0 Å². The molecule has 0 saturated carbocycles. The summed E-state index contributed by atoms with van der Waals surface area (Å²) in [4.78, 5) is 7.33. The molecule has 20 heavy (non-hydrogen) atoms. The van der Waals surface area contributed by atoms with Gasteiger partial charge in [0.25, 0.3) is 0 Å². The molecular formula is C18H16N2. The number of rotatable bonds is 2. The molecule has 2 aromatic carbocycles. The quantitative estimate of drug-likeness (QED) is 0.625. The molecule has 0 aliphatic carbocycles. The summed E-state index contributed by atoms with van der Waals surface area (Å²) in [7, 11) is 0. The van der Waals surface area contributed by atoms with Crippen molar-refractivity contribution < 1.29 is 0 Å². The Morgan fingerprint density at radius 2 is 1.20 bits per heavy atom. The first-order chi connectivity index (χ1) is 9.60. The lowest BCUT2D eigenvalue weighted by Gasteiger charge is -2.18. The lowest BCUT2D eigenvalue weighted by atomic mass is 9.88. The molecule has 98 valence electrons. The maximum Gasteiger partial charge on any atom is 0.193 e. The molecule has 0 spiro atoms. The monoisotopic (exact) mass is 260 g/mol. The summed E-state index contributed by atoms with van der Waals surface area (Å²) < 4.78 is 0. The van der Waals surface area contributed by atoms with E-state index in [4.69, 9.17) is 13.1 Å². The third-order valence-electron chi connectivity index (χ3n) is 3.69. The van der Waals surface area contributed by atoms with Crippen LogP contribution in [0.5, 0.6) is 0 Å². The second kappa shape index (κ2) is 5.59. The Labute approximate surface area is 120 Å². The summed E-state index contributed by atoms with van der Waals surface area (Å²) in [6, 6.07) is 11.8. The molecule has 0 heterocycles. The molecule has 0 atom stereocenters. The van der Waals surface area contributed by atoms with E-state index in [1.807, 2.05) is 50.2 Å². The Kier molecular flexibility index (Phi) is 3.87. The third kappa shape index (κ3) is 2.29. The van der Waals surface area contributed by atoms with E-state index in [1.165, 1.54) is 0 Å². The maximum absolute atomic E-state index is 7.39. The SMILES string of the molecule is [C-]#[N+]c1c(C)cccc1C(C)c1cccc(C)c1[N+]#[C-]. The van der Waals surface area contributed by atoms with Crippen molar-refractivity contribution in [2.45, 2.75) is 26.7 Å². The first-order valence-electron chi connectivity index (χ1n) is 6.54. The van der Waals surface area contributed by atoms with E-state index in [0.717, 1.165) is 22.3 Å². The van der Waals surface area contributed by atoms with Gasteiger partial charge in [-0.3, -0.25) is 0 Å². The van der Waals surface area contributed by atoms with Crippen LogP contribution < -0.4 is 0 Å². The highest BCUT2D eigenvalue weighted by molar-refractivity contribution is 5.66. The average Bonchev–Trinajstić information content (AvgIpc) is 2.46. The Morgan fingerprint density at radius 3 is 1.55 bits per heavy atom. The minimum absolute atomic E-state index is 0.0444. The molecule has 0 radical (unpaired) electrons. The van der Waals surface area contributed by atoms with Crippen molar-refractivity contribution >= 4 is 11.4 Å². The number of benzene rings is 2. The van der Waals surface area contributed by atoms with E-state index in [0.29, 0.717) is 11.4 Å². The summed E-state index contributed by atoms with van der Waals surface area (Å²) in [5.74, 6) is 0.0444. The highest BCUT2D eigenvalue weighted by atomic mass is 14.7. The molecule has 2 rings (SSSR count). The molecule has 0 aliphatic rings. The predicted octanol–water partition coefficient (Wildman–Crippen LogP) is 5.56. The van der Waals surface area contributed by atoms with Crippen LogP contribution in [0.15, 0.2) is 36.4 Å². The van der Waals surface area contributed by atoms with Gasteiger partial charge in [0.05, 0.1) is 13.1 Å². The van der Waals surface area contributed by atoms with Crippen LogP contribution in [0, 0.1) is 27.0 Å². The maximum atomic E-state index is 7.39. The minimum atomic E-state index is 0.0444. The van der Waals surface area contributed by atoms with Gasteiger partial charge in [-0.2, -0.15) is 0 Å². The van der Waals surface area contributed by atoms with Gasteiger partial charge in [0.1, 0.15) is 0 Å². The fourth-order valence-electron chi connectivity index (χ4n) is 2.54. The normalized spacial score (nSPS) is 10.1. The average molecular weight is 260 g/mol. The van der Waals surface area contributed by atoms with Crippen molar-refractivity contribution in [2.24, 2.45) is 0 Å². The number of hydrogen-bond acceptors (Lipinski definition) is 0. The van der Waals surface area contributed by atoms with Crippen LogP contribution in [0.3, 0.4) is 0 Å². The molecule has 2 aromatic rings. The number of aryl methyl sites for hydroxylation is 2. The van der Waals surface area contributed by atoms with Gasteiger partial charge in [0, 0.05) is 0 Å². The Hall–Kier alpha value is -2.58. The van der Waals surface area contributed by atoms with Crippen molar-refractivity contribution in [3.63, 3.8) is 0 Å². The standard InChI is InChI=1S/C18H16N2/c1-12-8-6-10-15(17(12)19-4)14(3)16-11-7-9-13(2)18(16)20-5/h6-11,14H,1-3H3. The zero-order valence-electron chi connectivity index (χ0n) is 11.9. The van der Waals surface area contributed by atoms with E-state index in [2.05, 4.69) is 16.6 Å². The lowest BCUT2D eigenvalue weighted by molar-refractivity contribution is 0.928. The highest BCUT2D eigenvalue weighted by Crippen LogP contribution is 2.39. The molecule has 0 bridgehead atoms. The molecule has 0 saturated heterocycles. The summed E-state index contributed by atoms with van der Waals surface area (Å²) in [6.07, 6.45) is 0. The molecule has 0 N–H and O–H groups in total. The molecule has 2 heteroatoms. The van der Waals surface area contributed by atoms with Gasteiger partial charge >= 0.3 is 0 Å². The van der Waals surface area contributed by atoms with Crippen molar-refractivity contribution in [3.05, 3.63) is 81.5 Å². The van der Waals surface area contributed by atoms with Crippen LogP contribution >= 0.6 is 0 Å². The van der Waals surface area contributed by atoms with Gasteiger partial charge in [0.2, 0.25) is 0 Å². The zero-order valence-corrected chi connectivity index (χ0v) is 11.9. The van der Waals surface area contributed by atoms with Crippen LogP contribution in [0.1, 0.15) is 35.1 Å². The minimum Gasteiger partial charge on any atom is -0.238 e. The summed E-state index contributed by atoms with van der Waals surface area (Å²) in [5.41, 5.74) is 5.38. The molecule has 0 amide bonds. The van der Waals surface area contributed by atoms with Gasteiger partial charge in [0.15, 0.2) is 11.4 Å². The van der Waals surface area contributed by atoms with Gasteiger partial charge in [-0.1, -0.05) is 43.3 Å². The van der Waals surface area contributed by atoms with Gasteiger partial charge in [-0.05, 0) is 42.0 Å². The molecule has 0 unspecified atom stereocenters. The Bertz CT molecular complexity index is 667. The summed E-state index contributed by atoms with van der Waals surface area (Å²) >= 11 is 0. The molecule has 0 aromatic heterocycles. The number of hydrogen-bond donors (Lipinski definition) is 0. The fraction of sp³-hybridized carbons (Fsp3) is 0.222. The van der Waals surface area contributed by atoms with Crippen LogP contribution in [-0.4, -0.2) is 0 Å². The predicted molar refractivity (Wildman–Crippen MR) is 82.4 cm³/mol. The fourth-order valence-corrected chi connectivity index (χ4v) is 2.54. The second-order valence-electron chi connectivity index (χ2n) is 4.97. The number of nitrogens with zero attached hydrogens (tertiary/aromatic N) is 2. The molecule has 0 aliphatic heterocycles. The topological polar surface area (TPSA) is 8.72 Å². The Balaban J connectivity index is 2.62. The van der Waals surface area contributed by atoms with Crippen molar-refractivity contribution in [3.8, 4) is 0 Å².